The third-order valence-corrected chi connectivity index (χ3v) is 6.08. The number of methoxy groups -OCH3 is 2. The maximum absolute atomic E-state index is 12.8. The summed E-state index contributed by atoms with van der Waals surface area (Å²) in [5, 5.41) is 0. The molecule has 0 bridgehead atoms. The fraction of sp³-hybridized carbons (Fsp3) is 0.350. The van der Waals surface area contributed by atoms with Gasteiger partial charge in [-0.25, -0.2) is 8.42 Å². The zero-order valence-electron chi connectivity index (χ0n) is 16.2. The van der Waals surface area contributed by atoms with E-state index in [1.54, 1.807) is 43.2 Å². The van der Waals surface area contributed by atoms with Crippen molar-refractivity contribution in [2.45, 2.75) is 24.7 Å². The van der Waals surface area contributed by atoms with Gasteiger partial charge in [0.05, 0.1) is 17.7 Å². The van der Waals surface area contributed by atoms with E-state index in [2.05, 4.69) is 4.72 Å². The number of carbonyl (C=O) groups is 1. The van der Waals surface area contributed by atoms with E-state index in [0.29, 0.717) is 18.0 Å². The molecule has 0 spiro atoms. The number of ether oxygens (including phenoxy) is 2. The Morgan fingerprint density at radius 1 is 1.18 bits per heavy atom. The molecule has 7 nitrogen and oxygen atoms in total. The first-order valence-corrected chi connectivity index (χ1v) is 10.4. The lowest BCUT2D eigenvalue weighted by atomic mass is 10.0. The number of hydrogen-bond donors (Lipinski definition) is 1. The quantitative estimate of drug-likeness (QED) is 0.800. The van der Waals surface area contributed by atoms with Crippen molar-refractivity contribution in [2.24, 2.45) is 0 Å². The molecule has 1 N–H and O–H groups in total. The minimum absolute atomic E-state index is 0.0134. The van der Waals surface area contributed by atoms with Crippen molar-refractivity contribution in [1.29, 1.82) is 0 Å². The lowest BCUT2D eigenvalue weighted by Crippen LogP contribution is -2.37. The third-order valence-electron chi connectivity index (χ3n) is 4.70. The van der Waals surface area contributed by atoms with Crippen molar-refractivity contribution < 1.29 is 22.7 Å². The van der Waals surface area contributed by atoms with E-state index in [-0.39, 0.29) is 17.4 Å². The first-order chi connectivity index (χ1) is 13.4. The minimum atomic E-state index is -3.77. The van der Waals surface area contributed by atoms with E-state index < -0.39 is 10.0 Å². The Morgan fingerprint density at radius 3 is 2.64 bits per heavy atom. The van der Waals surface area contributed by atoms with E-state index in [1.807, 2.05) is 6.07 Å². The number of hydrogen-bond acceptors (Lipinski definition) is 5. The first kappa shape index (κ1) is 20.2. The van der Waals surface area contributed by atoms with Crippen LogP contribution in [0.15, 0.2) is 41.3 Å². The Labute approximate surface area is 165 Å². The Balaban J connectivity index is 1.89. The van der Waals surface area contributed by atoms with Crippen molar-refractivity contribution in [3.63, 3.8) is 0 Å². The van der Waals surface area contributed by atoms with Crippen molar-refractivity contribution in [3.05, 3.63) is 47.5 Å². The van der Waals surface area contributed by atoms with Gasteiger partial charge < -0.3 is 14.4 Å². The molecule has 3 rings (SSSR count). The third kappa shape index (κ3) is 4.13. The van der Waals surface area contributed by atoms with Crippen LogP contribution in [0.5, 0.6) is 5.75 Å². The first-order valence-electron chi connectivity index (χ1n) is 8.95. The predicted molar refractivity (Wildman–Crippen MR) is 108 cm³/mol. The smallest absolute Gasteiger partial charge is 0.261 e. The molecule has 8 heteroatoms. The Kier molecular flexibility index (Phi) is 5.90. The van der Waals surface area contributed by atoms with Gasteiger partial charge in [0, 0.05) is 19.3 Å². The van der Waals surface area contributed by atoms with Crippen LogP contribution < -0.4 is 14.4 Å². The van der Waals surface area contributed by atoms with Crippen LogP contribution in [0.4, 0.5) is 11.4 Å². The molecule has 1 heterocycles. The molecule has 0 fully saturated rings. The standard InChI is InChI=1S/C20H24N2O5S/c1-14-11-17(8-9-19(14)27-3)28(24,25)21-16-7-6-15-5-4-10-22(18(15)12-16)20(23)13-26-2/h6-9,11-12,21H,4-5,10,13H2,1-3H3. The van der Waals surface area contributed by atoms with Crippen LogP contribution in [0, 0.1) is 6.92 Å². The molecule has 150 valence electrons. The summed E-state index contributed by atoms with van der Waals surface area (Å²) in [5.41, 5.74) is 2.87. The van der Waals surface area contributed by atoms with Crippen molar-refractivity contribution in [1.82, 2.24) is 0 Å². The molecule has 0 unspecified atom stereocenters. The van der Waals surface area contributed by atoms with Gasteiger partial charge in [-0.2, -0.15) is 0 Å². The lowest BCUT2D eigenvalue weighted by molar-refractivity contribution is -0.122. The summed E-state index contributed by atoms with van der Waals surface area (Å²) in [5.74, 6) is 0.481. The number of nitrogens with one attached hydrogen (secondary N) is 1. The number of fused-ring (bicyclic) bond motifs is 1. The van der Waals surface area contributed by atoms with Crippen LogP contribution in [0.25, 0.3) is 0 Å². The summed E-state index contributed by atoms with van der Waals surface area (Å²) in [4.78, 5) is 14.1. The predicted octanol–water partition coefficient (Wildman–Crippen LogP) is 2.73. The molecule has 0 atom stereocenters. The summed E-state index contributed by atoms with van der Waals surface area (Å²) in [6.45, 7) is 2.36. The van der Waals surface area contributed by atoms with Gasteiger partial charge >= 0.3 is 0 Å². The van der Waals surface area contributed by atoms with E-state index in [0.717, 1.165) is 29.7 Å². The number of nitrogens with zero attached hydrogens (tertiary/aromatic N) is 1. The van der Waals surface area contributed by atoms with E-state index in [4.69, 9.17) is 9.47 Å². The van der Waals surface area contributed by atoms with Gasteiger partial charge in [-0.15, -0.1) is 0 Å². The molecule has 0 saturated heterocycles. The van der Waals surface area contributed by atoms with E-state index >= 15 is 0 Å². The van der Waals surface area contributed by atoms with Crippen molar-refractivity contribution in [3.8, 4) is 5.75 Å². The van der Waals surface area contributed by atoms with Crippen LogP contribution >= 0.6 is 0 Å². The maximum atomic E-state index is 12.8. The summed E-state index contributed by atoms with van der Waals surface area (Å²) in [6.07, 6.45) is 1.70. The summed E-state index contributed by atoms with van der Waals surface area (Å²) in [6, 6.07) is 9.97. The van der Waals surface area contributed by atoms with Gasteiger partial charge in [-0.05, 0) is 61.2 Å². The van der Waals surface area contributed by atoms with Gasteiger partial charge in [0.1, 0.15) is 12.4 Å². The van der Waals surface area contributed by atoms with Crippen LogP contribution in [0.2, 0.25) is 0 Å². The zero-order valence-corrected chi connectivity index (χ0v) is 17.0. The molecule has 0 aromatic heterocycles. The molecular weight excluding hydrogens is 380 g/mol. The van der Waals surface area contributed by atoms with Gasteiger partial charge in [0.25, 0.3) is 15.9 Å². The highest BCUT2D eigenvalue weighted by Gasteiger charge is 2.24. The summed E-state index contributed by atoms with van der Waals surface area (Å²) < 4.78 is 38.3. The number of benzene rings is 2. The number of aryl methyl sites for hydroxylation is 2. The molecule has 1 amide bonds. The Bertz CT molecular complexity index is 988. The second-order valence-electron chi connectivity index (χ2n) is 6.66. The molecule has 0 saturated carbocycles. The highest BCUT2D eigenvalue weighted by atomic mass is 32.2. The highest BCUT2D eigenvalue weighted by Crippen LogP contribution is 2.31. The molecule has 0 radical (unpaired) electrons. The van der Waals surface area contributed by atoms with Gasteiger partial charge in [-0.1, -0.05) is 6.07 Å². The average molecular weight is 404 g/mol. The summed E-state index contributed by atoms with van der Waals surface area (Å²) in [7, 11) is -0.752. The van der Waals surface area contributed by atoms with Crippen molar-refractivity contribution >= 4 is 27.3 Å². The fourth-order valence-electron chi connectivity index (χ4n) is 3.33. The summed E-state index contributed by atoms with van der Waals surface area (Å²) >= 11 is 0. The van der Waals surface area contributed by atoms with Crippen LogP contribution in [-0.4, -0.2) is 41.7 Å². The number of amides is 1. The van der Waals surface area contributed by atoms with E-state index in [1.165, 1.54) is 13.2 Å². The molecule has 2 aromatic carbocycles. The molecular formula is C20H24N2O5S. The lowest BCUT2D eigenvalue weighted by Gasteiger charge is -2.30. The van der Waals surface area contributed by atoms with Gasteiger partial charge in [-0.3, -0.25) is 9.52 Å². The van der Waals surface area contributed by atoms with Crippen LogP contribution in [0.1, 0.15) is 17.5 Å². The monoisotopic (exact) mass is 404 g/mol. The van der Waals surface area contributed by atoms with Crippen molar-refractivity contribution in [2.75, 3.05) is 37.0 Å². The van der Waals surface area contributed by atoms with E-state index in [9.17, 15) is 13.2 Å². The van der Waals surface area contributed by atoms with Crippen LogP contribution in [-0.2, 0) is 26.0 Å². The topological polar surface area (TPSA) is 84.9 Å². The number of carbonyl (C=O) groups excluding carboxylic acids is 1. The molecule has 0 aliphatic carbocycles. The maximum Gasteiger partial charge on any atom is 0.261 e. The second kappa shape index (κ2) is 8.20. The molecule has 28 heavy (non-hydrogen) atoms. The van der Waals surface area contributed by atoms with Gasteiger partial charge in [0.15, 0.2) is 0 Å². The number of anilines is 2. The molecule has 1 aliphatic heterocycles. The number of rotatable bonds is 6. The molecule has 2 aromatic rings. The highest BCUT2D eigenvalue weighted by molar-refractivity contribution is 7.92. The van der Waals surface area contributed by atoms with Gasteiger partial charge in [0.2, 0.25) is 0 Å². The number of sulfonamides is 1. The minimum Gasteiger partial charge on any atom is -0.496 e. The zero-order chi connectivity index (χ0) is 20.3. The average Bonchev–Trinajstić information content (AvgIpc) is 2.67. The normalized spacial score (nSPS) is 13.8. The molecule has 1 aliphatic rings. The van der Waals surface area contributed by atoms with Crippen LogP contribution in [0.3, 0.4) is 0 Å². The SMILES string of the molecule is COCC(=O)N1CCCc2ccc(NS(=O)(=O)c3ccc(OC)c(C)c3)cc21. The Hall–Kier alpha value is -2.58. The second-order valence-corrected chi connectivity index (χ2v) is 8.34. The largest absolute Gasteiger partial charge is 0.496 e. The Morgan fingerprint density at radius 2 is 1.96 bits per heavy atom. The fourth-order valence-corrected chi connectivity index (χ4v) is 4.46.